The maximum atomic E-state index is 9.35. The minimum absolute atomic E-state index is 0.133. The molecule has 1 rings (SSSR count). The summed E-state index contributed by atoms with van der Waals surface area (Å²) in [7, 11) is 0. The molecule has 76 valence electrons. The van der Waals surface area contributed by atoms with Crippen molar-refractivity contribution in [1.82, 2.24) is 4.90 Å². The molecule has 4 nitrogen and oxygen atoms in total. The van der Waals surface area contributed by atoms with E-state index in [-0.39, 0.29) is 5.76 Å². The molecular formula is C10H16N3O+. The molecule has 14 heavy (non-hydrogen) atoms. The third kappa shape index (κ3) is 2.86. The van der Waals surface area contributed by atoms with Gasteiger partial charge >= 0.3 is 6.20 Å². The standard InChI is InChI=1S/C10H15N3O/c1-2-5-13-6-3-4-9(13)7-10(14)8-12-11/h2,8-9H,1,3-7H2/p+1/b10-8+/t9-/m0/s1. The van der Waals surface area contributed by atoms with E-state index < -0.39 is 0 Å². The van der Waals surface area contributed by atoms with Crippen LogP contribution < -0.4 is 0 Å². The van der Waals surface area contributed by atoms with E-state index in [1.54, 1.807) is 0 Å². The Kier molecular flexibility index (Phi) is 4.14. The molecule has 1 N–H and O–H groups in total. The normalized spacial score (nSPS) is 23.4. The Morgan fingerprint density at radius 2 is 2.50 bits per heavy atom. The van der Waals surface area contributed by atoms with E-state index in [0.29, 0.717) is 12.5 Å². The van der Waals surface area contributed by atoms with Crippen LogP contribution in [-0.2, 0) is 0 Å². The zero-order valence-electron chi connectivity index (χ0n) is 8.26. The Morgan fingerprint density at radius 1 is 1.71 bits per heavy atom. The van der Waals surface area contributed by atoms with Crippen LogP contribution in [0.3, 0.4) is 0 Å². The van der Waals surface area contributed by atoms with Gasteiger partial charge in [-0.3, -0.25) is 4.90 Å². The van der Waals surface area contributed by atoms with Gasteiger partial charge in [0.05, 0.1) is 0 Å². The Labute approximate surface area is 84.2 Å². The highest BCUT2D eigenvalue weighted by atomic mass is 16.3. The van der Waals surface area contributed by atoms with Crippen molar-refractivity contribution in [2.24, 2.45) is 0 Å². The highest BCUT2D eigenvalue weighted by Gasteiger charge is 2.24. The van der Waals surface area contributed by atoms with Crippen molar-refractivity contribution in [3.8, 4) is 0 Å². The number of aliphatic hydroxyl groups excluding tert-OH is 1. The molecule has 1 saturated heterocycles. The third-order valence-corrected chi connectivity index (χ3v) is 2.51. The molecule has 0 saturated carbocycles. The van der Waals surface area contributed by atoms with Gasteiger partial charge in [0.25, 0.3) is 0 Å². The fraction of sp³-hybridized carbons (Fsp3) is 0.600. The largest absolute Gasteiger partial charge is 0.505 e. The number of hydrogen-bond acceptors (Lipinski definition) is 3. The second-order valence-corrected chi connectivity index (χ2v) is 3.52. The molecule has 1 atom stereocenters. The summed E-state index contributed by atoms with van der Waals surface area (Å²) in [4.78, 5) is 5.07. The lowest BCUT2D eigenvalue weighted by molar-refractivity contribution is 0.251. The quantitative estimate of drug-likeness (QED) is 0.424. The van der Waals surface area contributed by atoms with Crippen LogP contribution in [0.4, 0.5) is 0 Å². The van der Waals surface area contributed by atoms with Crippen LogP contribution in [0.1, 0.15) is 19.3 Å². The smallest absolute Gasteiger partial charge is 0.387 e. The van der Waals surface area contributed by atoms with Crippen molar-refractivity contribution in [3.63, 3.8) is 0 Å². The van der Waals surface area contributed by atoms with Gasteiger partial charge in [-0.1, -0.05) is 6.08 Å². The van der Waals surface area contributed by atoms with Crippen LogP contribution in [0.15, 0.2) is 24.6 Å². The molecule has 1 aliphatic heterocycles. The molecule has 1 aliphatic rings. The number of hydrogen-bond donors (Lipinski definition) is 1. The van der Waals surface area contributed by atoms with E-state index in [0.717, 1.165) is 32.1 Å². The first-order chi connectivity index (χ1) is 6.77. The zero-order valence-corrected chi connectivity index (χ0v) is 8.26. The molecule has 0 aliphatic carbocycles. The summed E-state index contributed by atoms with van der Waals surface area (Å²) >= 11 is 0. The third-order valence-electron chi connectivity index (χ3n) is 2.51. The van der Waals surface area contributed by atoms with Crippen molar-refractivity contribution >= 4 is 0 Å². The molecule has 0 amide bonds. The molecule has 4 heteroatoms. The SMILES string of the molecule is C=CCN1CCC[C@H]1C/C(O)=C\[N+]#N. The van der Waals surface area contributed by atoms with Crippen LogP contribution in [0, 0.1) is 5.39 Å². The summed E-state index contributed by atoms with van der Waals surface area (Å²) in [6, 6.07) is 0.353. The van der Waals surface area contributed by atoms with Gasteiger partial charge in [0, 0.05) is 19.0 Å². The Morgan fingerprint density at radius 3 is 3.14 bits per heavy atom. The highest BCUT2D eigenvalue weighted by molar-refractivity contribution is 5.00. The first-order valence-corrected chi connectivity index (χ1v) is 4.85. The molecular weight excluding hydrogens is 178 g/mol. The second kappa shape index (κ2) is 5.40. The van der Waals surface area contributed by atoms with E-state index in [1.165, 1.54) is 0 Å². The summed E-state index contributed by atoms with van der Waals surface area (Å²) in [6.07, 6.45) is 5.75. The van der Waals surface area contributed by atoms with E-state index in [2.05, 4.69) is 16.5 Å². The predicted octanol–water partition coefficient (Wildman–Crippen LogP) is 2.28. The molecule has 0 unspecified atom stereocenters. The van der Waals surface area contributed by atoms with Gasteiger partial charge in [-0.25, -0.2) is 0 Å². The van der Waals surface area contributed by atoms with Crippen LogP contribution in [0.2, 0.25) is 0 Å². The monoisotopic (exact) mass is 194 g/mol. The number of aliphatic hydroxyl groups is 1. The molecule has 0 aromatic rings. The van der Waals surface area contributed by atoms with Crippen molar-refractivity contribution in [1.29, 1.82) is 5.39 Å². The average molecular weight is 194 g/mol. The van der Waals surface area contributed by atoms with Crippen LogP contribution >= 0.6 is 0 Å². The number of likely N-dealkylation sites (tertiary alicyclic amines) is 1. The topological polar surface area (TPSA) is 51.6 Å². The van der Waals surface area contributed by atoms with Crippen molar-refractivity contribution < 1.29 is 5.11 Å². The number of nitrogens with zero attached hydrogens (tertiary/aromatic N) is 3. The number of diazo groups is 1. The second-order valence-electron chi connectivity index (χ2n) is 3.52. The minimum atomic E-state index is 0.133. The molecule has 0 bridgehead atoms. The Bertz CT molecular complexity index is 267. The van der Waals surface area contributed by atoms with Gasteiger partial charge in [0.2, 0.25) is 5.39 Å². The summed E-state index contributed by atoms with van der Waals surface area (Å²) in [6.45, 7) is 5.61. The van der Waals surface area contributed by atoms with Crippen LogP contribution in [0.5, 0.6) is 0 Å². The zero-order chi connectivity index (χ0) is 10.4. The molecule has 1 heterocycles. The van der Waals surface area contributed by atoms with Gasteiger partial charge in [0.15, 0.2) is 10.7 Å². The first-order valence-electron chi connectivity index (χ1n) is 4.85. The first kappa shape index (κ1) is 10.7. The van der Waals surface area contributed by atoms with Crippen LogP contribution in [-0.4, -0.2) is 29.1 Å². The van der Waals surface area contributed by atoms with E-state index in [9.17, 15) is 5.11 Å². The van der Waals surface area contributed by atoms with E-state index in [1.807, 2.05) is 6.08 Å². The predicted molar refractivity (Wildman–Crippen MR) is 55.2 cm³/mol. The maximum Gasteiger partial charge on any atom is 0.387 e. The fourth-order valence-electron chi connectivity index (χ4n) is 1.89. The molecule has 0 aromatic heterocycles. The van der Waals surface area contributed by atoms with Gasteiger partial charge < -0.3 is 5.11 Å². The maximum absolute atomic E-state index is 9.35. The number of rotatable bonds is 4. The van der Waals surface area contributed by atoms with E-state index in [4.69, 9.17) is 5.39 Å². The lowest BCUT2D eigenvalue weighted by atomic mass is 10.1. The molecule has 0 radical (unpaired) electrons. The summed E-state index contributed by atoms with van der Waals surface area (Å²) < 4.78 is 0. The van der Waals surface area contributed by atoms with Crippen molar-refractivity contribution in [2.75, 3.05) is 13.1 Å². The minimum Gasteiger partial charge on any atom is -0.505 e. The lowest BCUT2D eigenvalue weighted by Crippen LogP contribution is -2.29. The van der Waals surface area contributed by atoms with E-state index >= 15 is 0 Å². The summed E-state index contributed by atoms with van der Waals surface area (Å²) in [5, 5.41) is 17.6. The van der Waals surface area contributed by atoms with Crippen molar-refractivity contribution in [3.05, 3.63) is 29.6 Å². The van der Waals surface area contributed by atoms with Gasteiger partial charge in [0.1, 0.15) is 0 Å². The highest BCUT2D eigenvalue weighted by Crippen LogP contribution is 2.22. The Hall–Kier alpha value is -1.34. The molecule has 1 fully saturated rings. The van der Waals surface area contributed by atoms with Gasteiger partial charge in [-0.05, 0) is 19.4 Å². The van der Waals surface area contributed by atoms with Gasteiger partial charge in [-0.15, -0.1) is 6.58 Å². The average Bonchev–Trinajstić information content (AvgIpc) is 2.54. The molecule has 0 spiro atoms. The van der Waals surface area contributed by atoms with Crippen LogP contribution in [0.25, 0.3) is 4.98 Å². The fourth-order valence-corrected chi connectivity index (χ4v) is 1.89. The van der Waals surface area contributed by atoms with Gasteiger partial charge in [-0.2, -0.15) is 0 Å². The molecule has 0 aromatic carbocycles. The summed E-state index contributed by atoms with van der Waals surface area (Å²) in [5.41, 5.74) is 0. The summed E-state index contributed by atoms with van der Waals surface area (Å²) in [5.74, 6) is 0.133. The lowest BCUT2D eigenvalue weighted by Gasteiger charge is -2.21. The van der Waals surface area contributed by atoms with Crippen molar-refractivity contribution in [2.45, 2.75) is 25.3 Å². The Balaban J connectivity index is 2.47.